The Balaban J connectivity index is 2.17. The van der Waals surface area contributed by atoms with Gasteiger partial charge in [0, 0.05) is 12.6 Å². The minimum Gasteiger partial charge on any atom is -0.477 e. The zero-order chi connectivity index (χ0) is 13.9. The Morgan fingerprint density at radius 1 is 1.11 bits per heavy atom. The predicted octanol–water partition coefficient (Wildman–Crippen LogP) is 3.32. The van der Waals surface area contributed by atoms with Crippen LogP contribution in [0, 0.1) is 0 Å². The van der Waals surface area contributed by atoms with Crippen molar-refractivity contribution in [2.45, 2.75) is 65.5 Å². The highest BCUT2D eigenvalue weighted by Gasteiger charge is 2.00. The lowest BCUT2D eigenvalue weighted by Crippen LogP contribution is -2.22. The van der Waals surface area contributed by atoms with Gasteiger partial charge in [0.1, 0.15) is 0 Å². The van der Waals surface area contributed by atoms with E-state index in [-0.39, 0.29) is 0 Å². The molecule has 0 aliphatic heterocycles. The van der Waals surface area contributed by atoms with Crippen LogP contribution in [0.15, 0.2) is 12.4 Å². The minimum atomic E-state index is 0.459. The van der Waals surface area contributed by atoms with Crippen LogP contribution in [-0.2, 0) is 6.54 Å². The first-order chi connectivity index (χ1) is 9.22. The average Bonchev–Trinajstić information content (AvgIpc) is 2.41. The van der Waals surface area contributed by atoms with E-state index in [1.165, 1.54) is 25.7 Å². The van der Waals surface area contributed by atoms with Crippen LogP contribution >= 0.6 is 0 Å². The molecule has 0 bridgehead atoms. The standard InChI is InChI=1S/C15H27N3O/c1-4-5-6-7-8-9-19-15-12-17-14(11-18-15)10-16-13(2)3/h11-13,16H,4-10H2,1-3H3. The Morgan fingerprint density at radius 2 is 1.89 bits per heavy atom. The fourth-order valence-electron chi connectivity index (χ4n) is 1.70. The second-order valence-electron chi connectivity index (χ2n) is 5.14. The first-order valence-electron chi connectivity index (χ1n) is 7.39. The monoisotopic (exact) mass is 265 g/mol. The number of nitrogens with zero attached hydrogens (tertiary/aromatic N) is 2. The first-order valence-corrected chi connectivity index (χ1v) is 7.39. The van der Waals surface area contributed by atoms with E-state index in [1.54, 1.807) is 12.4 Å². The second kappa shape index (κ2) is 9.73. The van der Waals surface area contributed by atoms with Crippen molar-refractivity contribution in [3.05, 3.63) is 18.1 Å². The maximum atomic E-state index is 5.57. The van der Waals surface area contributed by atoms with Crippen molar-refractivity contribution >= 4 is 0 Å². The van der Waals surface area contributed by atoms with Crippen molar-refractivity contribution in [1.29, 1.82) is 0 Å². The Morgan fingerprint density at radius 3 is 2.53 bits per heavy atom. The van der Waals surface area contributed by atoms with Crippen LogP contribution in [0.5, 0.6) is 5.88 Å². The molecular formula is C15H27N3O. The summed E-state index contributed by atoms with van der Waals surface area (Å²) in [7, 11) is 0. The molecule has 1 N–H and O–H groups in total. The maximum Gasteiger partial charge on any atom is 0.232 e. The number of rotatable bonds is 10. The second-order valence-corrected chi connectivity index (χ2v) is 5.14. The lowest BCUT2D eigenvalue weighted by molar-refractivity contribution is 0.291. The minimum absolute atomic E-state index is 0.459. The topological polar surface area (TPSA) is 47.0 Å². The highest BCUT2D eigenvalue weighted by atomic mass is 16.5. The van der Waals surface area contributed by atoms with E-state index >= 15 is 0 Å². The molecule has 0 aliphatic carbocycles. The number of unbranched alkanes of at least 4 members (excludes halogenated alkanes) is 4. The number of hydrogen-bond donors (Lipinski definition) is 1. The van der Waals surface area contributed by atoms with Gasteiger partial charge in [-0.05, 0) is 6.42 Å². The summed E-state index contributed by atoms with van der Waals surface area (Å²) in [6.07, 6.45) is 9.71. The third-order valence-electron chi connectivity index (χ3n) is 2.87. The quantitative estimate of drug-likeness (QED) is 0.659. The summed E-state index contributed by atoms with van der Waals surface area (Å²) in [5, 5.41) is 3.31. The Hall–Kier alpha value is -1.16. The molecule has 0 unspecified atom stereocenters. The SMILES string of the molecule is CCCCCCCOc1cnc(CNC(C)C)cn1. The van der Waals surface area contributed by atoms with Crippen LogP contribution in [0.4, 0.5) is 0 Å². The Kier molecular flexibility index (Phi) is 8.14. The summed E-state index contributed by atoms with van der Waals surface area (Å²) in [4.78, 5) is 8.59. The molecule has 0 radical (unpaired) electrons. The molecule has 0 atom stereocenters. The zero-order valence-corrected chi connectivity index (χ0v) is 12.5. The van der Waals surface area contributed by atoms with Gasteiger partial charge in [-0.3, -0.25) is 4.98 Å². The molecule has 1 rings (SSSR count). The van der Waals surface area contributed by atoms with E-state index in [0.717, 1.165) is 25.3 Å². The molecule has 1 aromatic heterocycles. The number of hydrogen-bond acceptors (Lipinski definition) is 4. The van der Waals surface area contributed by atoms with Crippen LogP contribution in [0.2, 0.25) is 0 Å². The van der Waals surface area contributed by atoms with Gasteiger partial charge < -0.3 is 10.1 Å². The van der Waals surface area contributed by atoms with Crippen molar-refractivity contribution < 1.29 is 4.74 Å². The Labute approximate surface area is 117 Å². The lowest BCUT2D eigenvalue weighted by Gasteiger charge is -2.08. The zero-order valence-electron chi connectivity index (χ0n) is 12.5. The fourth-order valence-corrected chi connectivity index (χ4v) is 1.70. The lowest BCUT2D eigenvalue weighted by atomic mass is 10.2. The van der Waals surface area contributed by atoms with Crippen molar-refractivity contribution in [3.8, 4) is 5.88 Å². The summed E-state index contributed by atoms with van der Waals surface area (Å²) in [6.45, 7) is 7.94. The molecule has 0 amide bonds. The average molecular weight is 265 g/mol. The van der Waals surface area contributed by atoms with E-state index in [9.17, 15) is 0 Å². The smallest absolute Gasteiger partial charge is 0.232 e. The summed E-state index contributed by atoms with van der Waals surface area (Å²) >= 11 is 0. The Bertz CT molecular complexity index is 325. The van der Waals surface area contributed by atoms with E-state index < -0.39 is 0 Å². The van der Waals surface area contributed by atoms with Gasteiger partial charge in [0.25, 0.3) is 0 Å². The van der Waals surface area contributed by atoms with Crippen LogP contribution < -0.4 is 10.1 Å². The van der Waals surface area contributed by atoms with Crippen LogP contribution in [0.3, 0.4) is 0 Å². The van der Waals surface area contributed by atoms with E-state index in [2.05, 4.69) is 36.1 Å². The van der Waals surface area contributed by atoms with Gasteiger partial charge in [-0.15, -0.1) is 0 Å². The molecule has 0 spiro atoms. The molecule has 0 saturated carbocycles. The summed E-state index contributed by atoms with van der Waals surface area (Å²) in [6, 6.07) is 0.459. The predicted molar refractivity (Wildman–Crippen MR) is 78.3 cm³/mol. The molecule has 1 aromatic rings. The molecule has 19 heavy (non-hydrogen) atoms. The molecular weight excluding hydrogens is 238 g/mol. The largest absolute Gasteiger partial charge is 0.477 e. The van der Waals surface area contributed by atoms with Gasteiger partial charge in [0.15, 0.2) is 0 Å². The molecule has 4 heteroatoms. The molecule has 0 aliphatic rings. The van der Waals surface area contributed by atoms with E-state index in [1.807, 2.05) is 0 Å². The number of nitrogens with one attached hydrogen (secondary N) is 1. The molecule has 0 saturated heterocycles. The van der Waals surface area contributed by atoms with Gasteiger partial charge in [-0.25, -0.2) is 4.98 Å². The van der Waals surface area contributed by atoms with E-state index in [4.69, 9.17) is 4.74 Å². The highest BCUT2D eigenvalue weighted by molar-refractivity contribution is 5.07. The summed E-state index contributed by atoms with van der Waals surface area (Å²) < 4.78 is 5.57. The third kappa shape index (κ3) is 7.78. The highest BCUT2D eigenvalue weighted by Crippen LogP contribution is 2.07. The fraction of sp³-hybridized carbons (Fsp3) is 0.733. The summed E-state index contributed by atoms with van der Waals surface area (Å²) in [5.41, 5.74) is 0.948. The number of ether oxygens (including phenoxy) is 1. The van der Waals surface area contributed by atoms with Crippen LogP contribution in [-0.4, -0.2) is 22.6 Å². The van der Waals surface area contributed by atoms with Gasteiger partial charge in [0.05, 0.1) is 24.7 Å². The molecule has 0 aromatic carbocycles. The summed E-state index contributed by atoms with van der Waals surface area (Å²) in [5.74, 6) is 0.629. The van der Waals surface area contributed by atoms with Gasteiger partial charge in [-0.2, -0.15) is 0 Å². The normalized spacial score (nSPS) is 10.9. The maximum absolute atomic E-state index is 5.57. The van der Waals surface area contributed by atoms with Crippen LogP contribution in [0.1, 0.15) is 58.6 Å². The first kappa shape index (κ1) is 15.9. The molecule has 0 fully saturated rings. The van der Waals surface area contributed by atoms with E-state index in [0.29, 0.717) is 11.9 Å². The van der Waals surface area contributed by atoms with Gasteiger partial charge in [0.2, 0.25) is 5.88 Å². The molecule has 4 nitrogen and oxygen atoms in total. The van der Waals surface area contributed by atoms with Crippen LogP contribution in [0.25, 0.3) is 0 Å². The van der Waals surface area contributed by atoms with Gasteiger partial charge in [-0.1, -0.05) is 46.5 Å². The van der Waals surface area contributed by atoms with Crippen molar-refractivity contribution in [1.82, 2.24) is 15.3 Å². The number of aromatic nitrogens is 2. The molecule has 108 valence electrons. The third-order valence-corrected chi connectivity index (χ3v) is 2.87. The molecule has 1 heterocycles. The van der Waals surface area contributed by atoms with Crippen molar-refractivity contribution in [2.75, 3.05) is 6.61 Å². The van der Waals surface area contributed by atoms with Crippen molar-refractivity contribution in [3.63, 3.8) is 0 Å². The van der Waals surface area contributed by atoms with Crippen molar-refractivity contribution in [2.24, 2.45) is 0 Å². The van der Waals surface area contributed by atoms with Gasteiger partial charge >= 0.3 is 0 Å².